The van der Waals surface area contributed by atoms with E-state index < -0.39 is 4.92 Å². The maximum atomic E-state index is 12.9. The highest BCUT2D eigenvalue weighted by Gasteiger charge is 2.13. The van der Waals surface area contributed by atoms with Crippen molar-refractivity contribution in [1.29, 1.82) is 0 Å². The molecule has 0 saturated heterocycles. The number of thioether (sulfide) groups is 1. The van der Waals surface area contributed by atoms with Crippen molar-refractivity contribution in [3.05, 3.63) is 75.9 Å². The summed E-state index contributed by atoms with van der Waals surface area (Å²) in [5.74, 6) is 0.835. The van der Waals surface area contributed by atoms with Crippen molar-refractivity contribution in [2.45, 2.75) is 16.6 Å². The first-order valence-electron chi connectivity index (χ1n) is 8.58. The summed E-state index contributed by atoms with van der Waals surface area (Å²) >= 11 is 2.79. The van der Waals surface area contributed by atoms with Gasteiger partial charge >= 0.3 is 0 Å². The first-order chi connectivity index (χ1) is 14.6. The van der Waals surface area contributed by atoms with Gasteiger partial charge in [-0.25, -0.2) is 4.39 Å². The molecule has 0 aliphatic heterocycles. The molecule has 12 heteroatoms. The van der Waals surface area contributed by atoms with Crippen molar-refractivity contribution in [1.82, 2.24) is 20.4 Å². The van der Waals surface area contributed by atoms with Crippen LogP contribution in [-0.2, 0) is 12.3 Å². The molecule has 2 aromatic carbocycles. The SMILES string of the molecule is O=[N+]([O-])c1ccc(-c2nnc(CSc3nnc(NCc4ccc(F)cc4)s3)o2)cc1. The van der Waals surface area contributed by atoms with Gasteiger partial charge in [-0.1, -0.05) is 35.2 Å². The Morgan fingerprint density at radius 2 is 1.83 bits per heavy atom. The van der Waals surface area contributed by atoms with Gasteiger partial charge in [0.05, 0.1) is 10.7 Å². The van der Waals surface area contributed by atoms with Gasteiger partial charge in [0.25, 0.3) is 5.69 Å². The van der Waals surface area contributed by atoms with Crippen molar-refractivity contribution >= 4 is 33.9 Å². The van der Waals surface area contributed by atoms with E-state index in [-0.39, 0.29) is 11.5 Å². The van der Waals surface area contributed by atoms with Gasteiger partial charge < -0.3 is 9.73 Å². The lowest BCUT2D eigenvalue weighted by molar-refractivity contribution is -0.384. The summed E-state index contributed by atoms with van der Waals surface area (Å²) in [6.45, 7) is 0.516. The number of rotatable bonds is 8. The van der Waals surface area contributed by atoms with Crippen LogP contribution in [0.2, 0.25) is 0 Å². The molecule has 0 unspecified atom stereocenters. The van der Waals surface area contributed by atoms with E-state index in [0.29, 0.717) is 34.8 Å². The molecule has 1 N–H and O–H groups in total. The Morgan fingerprint density at radius 1 is 1.07 bits per heavy atom. The largest absolute Gasteiger partial charge is 0.420 e. The van der Waals surface area contributed by atoms with Gasteiger partial charge in [0.15, 0.2) is 4.34 Å². The van der Waals surface area contributed by atoms with E-state index in [1.807, 2.05) is 0 Å². The highest BCUT2D eigenvalue weighted by Crippen LogP contribution is 2.29. The van der Waals surface area contributed by atoms with Gasteiger partial charge in [0, 0.05) is 24.2 Å². The molecule has 0 fully saturated rings. The second-order valence-electron chi connectivity index (χ2n) is 5.95. The van der Waals surface area contributed by atoms with E-state index in [1.165, 1.54) is 47.4 Å². The Morgan fingerprint density at radius 3 is 2.57 bits per heavy atom. The number of hydrogen-bond acceptors (Lipinski definition) is 10. The van der Waals surface area contributed by atoms with Crippen LogP contribution in [0.4, 0.5) is 15.2 Å². The van der Waals surface area contributed by atoms with Gasteiger partial charge in [0.2, 0.25) is 16.9 Å². The molecular weight excluding hydrogens is 431 g/mol. The third kappa shape index (κ3) is 4.96. The zero-order valence-electron chi connectivity index (χ0n) is 15.2. The lowest BCUT2D eigenvalue weighted by Gasteiger charge is -2.01. The Kier molecular flexibility index (Phi) is 5.95. The lowest BCUT2D eigenvalue weighted by atomic mass is 10.2. The first kappa shape index (κ1) is 19.9. The standard InChI is InChI=1S/C18H13FN6O3S2/c19-13-5-1-11(2-6-13)9-20-17-23-24-18(30-17)29-10-15-21-22-16(28-15)12-3-7-14(8-4-12)25(26)27/h1-8H,9-10H2,(H,20,23). The molecule has 0 aliphatic rings. The maximum Gasteiger partial charge on any atom is 0.269 e. The van der Waals surface area contributed by atoms with Gasteiger partial charge in [-0.3, -0.25) is 10.1 Å². The fourth-order valence-corrected chi connectivity index (χ4v) is 3.98. The molecule has 0 bridgehead atoms. The summed E-state index contributed by atoms with van der Waals surface area (Å²) in [5, 5.41) is 30.7. The van der Waals surface area contributed by atoms with E-state index in [0.717, 1.165) is 9.90 Å². The summed E-state index contributed by atoms with van der Waals surface area (Å²) in [5.41, 5.74) is 1.53. The minimum Gasteiger partial charge on any atom is -0.420 e. The van der Waals surface area contributed by atoms with Crippen LogP contribution in [0, 0.1) is 15.9 Å². The Balaban J connectivity index is 1.31. The van der Waals surface area contributed by atoms with Gasteiger partial charge in [-0.2, -0.15) is 0 Å². The minimum atomic E-state index is -0.468. The fourth-order valence-electron chi connectivity index (χ4n) is 2.40. The number of benzene rings is 2. The van der Waals surface area contributed by atoms with Crippen LogP contribution in [0.1, 0.15) is 11.5 Å². The predicted octanol–water partition coefficient (Wildman–Crippen LogP) is 4.54. The van der Waals surface area contributed by atoms with Crippen LogP contribution < -0.4 is 5.32 Å². The topological polar surface area (TPSA) is 120 Å². The average Bonchev–Trinajstić information content (AvgIpc) is 3.41. The third-order valence-corrected chi connectivity index (χ3v) is 5.87. The Bertz CT molecular complexity index is 1150. The molecule has 0 saturated carbocycles. The highest BCUT2D eigenvalue weighted by atomic mass is 32.2. The maximum absolute atomic E-state index is 12.9. The molecule has 4 aromatic rings. The monoisotopic (exact) mass is 444 g/mol. The molecule has 152 valence electrons. The summed E-state index contributed by atoms with van der Waals surface area (Å²) in [6, 6.07) is 12.1. The molecule has 0 aliphatic carbocycles. The molecule has 2 heterocycles. The van der Waals surface area contributed by atoms with Crippen molar-refractivity contribution in [2.75, 3.05) is 5.32 Å². The molecule has 0 spiro atoms. The van der Waals surface area contributed by atoms with Crippen molar-refractivity contribution in [3.63, 3.8) is 0 Å². The summed E-state index contributed by atoms with van der Waals surface area (Å²) in [7, 11) is 0. The minimum absolute atomic E-state index is 0.00541. The van der Waals surface area contributed by atoms with E-state index in [9.17, 15) is 14.5 Å². The number of hydrogen-bond donors (Lipinski definition) is 1. The van der Waals surface area contributed by atoms with Crippen LogP contribution in [0.3, 0.4) is 0 Å². The number of halogens is 1. The number of nitrogens with zero attached hydrogens (tertiary/aromatic N) is 5. The molecule has 0 atom stereocenters. The van der Waals surface area contributed by atoms with Crippen LogP contribution in [0.15, 0.2) is 57.3 Å². The molecule has 2 aromatic heterocycles. The van der Waals surface area contributed by atoms with E-state index in [4.69, 9.17) is 4.42 Å². The van der Waals surface area contributed by atoms with Crippen molar-refractivity contribution < 1.29 is 13.7 Å². The van der Waals surface area contributed by atoms with E-state index in [2.05, 4.69) is 25.7 Å². The molecule has 0 amide bonds. The van der Waals surface area contributed by atoms with Crippen molar-refractivity contribution in [3.8, 4) is 11.5 Å². The van der Waals surface area contributed by atoms with Crippen LogP contribution >= 0.6 is 23.1 Å². The second kappa shape index (κ2) is 8.97. The average molecular weight is 444 g/mol. The predicted molar refractivity (Wildman–Crippen MR) is 110 cm³/mol. The first-order valence-corrected chi connectivity index (χ1v) is 10.4. The highest BCUT2D eigenvalue weighted by molar-refractivity contribution is 8.00. The van der Waals surface area contributed by atoms with Crippen LogP contribution in [0.5, 0.6) is 0 Å². The Hall–Kier alpha value is -3.38. The van der Waals surface area contributed by atoms with E-state index in [1.54, 1.807) is 24.3 Å². The van der Waals surface area contributed by atoms with Gasteiger partial charge in [-0.15, -0.1) is 20.4 Å². The summed E-state index contributed by atoms with van der Waals surface area (Å²) in [4.78, 5) is 10.3. The molecule has 9 nitrogen and oxygen atoms in total. The number of anilines is 1. The van der Waals surface area contributed by atoms with Gasteiger partial charge in [-0.05, 0) is 29.8 Å². The zero-order chi connectivity index (χ0) is 20.9. The Labute approximate surface area is 177 Å². The second-order valence-corrected chi connectivity index (χ2v) is 8.15. The molecule has 0 radical (unpaired) electrons. The van der Waals surface area contributed by atoms with Gasteiger partial charge in [0.1, 0.15) is 5.82 Å². The number of aromatic nitrogens is 4. The molecule has 4 rings (SSSR count). The quantitative estimate of drug-likeness (QED) is 0.237. The zero-order valence-corrected chi connectivity index (χ0v) is 16.8. The molecular formula is C18H13FN6O3S2. The normalized spacial score (nSPS) is 10.8. The third-order valence-electron chi connectivity index (χ3n) is 3.87. The number of non-ortho nitro benzene ring substituents is 1. The van der Waals surface area contributed by atoms with E-state index >= 15 is 0 Å². The van der Waals surface area contributed by atoms with Crippen LogP contribution in [0.25, 0.3) is 11.5 Å². The summed E-state index contributed by atoms with van der Waals surface area (Å²) in [6.07, 6.45) is 0. The molecule has 30 heavy (non-hydrogen) atoms. The number of nitro groups is 1. The van der Waals surface area contributed by atoms with Crippen molar-refractivity contribution in [2.24, 2.45) is 0 Å². The fraction of sp³-hybridized carbons (Fsp3) is 0.111. The smallest absolute Gasteiger partial charge is 0.269 e. The lowest BCUT2D eigenvalue weighted by Crippen LogP contribution is -1.98. The number of nitro benzene ring substituents is 1. The van der Waals surface area contributed by atoms with Crippen LogP contribution in [-0.4, -0.2) is 25.3 Å². The number of nitrogens with one attached hydrogen (secondary N) is 1. The summed E-state index contributed by atoms with van der Waals surface area (Å²) < 4.78 is 19.3.